The molecule has 12 heteroatoms. The highest BCUT2D eigenvalue weighted by Crippen LogP contribution is 2.36. The zero-order valence-electron chi connectivity index (χ0n) is 19.2. The van der Waals surface area contributed by atoms with E-state index < -0.39 is 23.4 Å². The summed E-state index contributed by atoms with van der Waals surface area (Å²) in [5.74, 6) is 0.423. The number of nitrogens with zero attached hydrogens (tertiary/aromatic N) is 5. The summed E-state index contributed by atoms with van der Waals surface area (Å²) in [6, 6.07) is 13.3. The molecule has 4 amide bonds. The van der Waals surface area contributed by atoms with E-state index in [-0.39, 0.29) is 0 Å². The molecule has 2 N–H and O–H groups in total. The third-order valence-corrected chi connectivity index (χ3v) is 6.29. The van der Waals surface area contributed by atoms with Crippen LogP contribution in [0.15, 0.2) is 71.6 Å². The number of rotatable bonds is 5. The lowest BCUT2D eigenvalue weighted by Crippen LogP contribution is -2.71. The van der Waals surface area contributed by atoms with Crippen LogP contribution in [0.5, 0.6) is 11.6 Å². The molecule has 0 unspecified atom stereocenters. The van der Waals surface area contributed by atoms with Crippen LogP contribution >= 0.6 is 0 Å². The van der Waals surface area contributed by atoms with E-state index in [0.717, 1.165) is 11.1 Å². The van der Waals surface area contributed by atoms with Crippen molar-refractivity contribution in [2.24, 2.45) is 0 Å². The minimum Gasteiger partial charge on any atom is -0.439 e. The molecule has 1 aromatic carbocycles. The van der Waals surface area contributed by atoms with Gasteiger partial charge in [0.1, 0.15) is 5.75 Å². The number of hydrogen-bond donors (Lipinski definition) is 2. The number of carbonyl (C=O) groups excluding carboxylic acids is 3. The second-order valence-electron chi connectivity index (χ2n) is 8.50. The number of hydrogen-bond acceptors (Lipinski definition) is 10. The van der Waals surface area contributed by atoms with Gasteiger partial charge in [-0.3, -0.25) is 25.2 Å². The Bertz CT molecular complexity index is 1470. The van der Waals surface area contributed by atoms with Gasteiger partial charge in [-0.05, 0) is 55.3 Å². The lowest BCUT2D eigenvalue weighted by Gasteiger charge is -2.38. The summed E-state index contributed by atoms with van der Waals surface area (Å²) in [5, 5.41) is 8.42. The number of pyridine rings is 2. The van der Waals surface area contributed by atoms with Crippen molar-refractivity contribution in [1.29, 1.82) is 0 Å². The van der Waals surface area contributed by atoms with Crippen LogP contribution in [0.1, 0.15) is 12.8 Å². The van der Waals surface area contributed by atoms with Gasteiger partial charge < -0.3 is 14.2 Å². The zero-order chi connectivity index (χ0) is 25.4. The van der Waals surface area contributed by atoms with Gasteiger partial charge >= 0.3 is 6.03 Å². The average Bonchev–Trinajstić information content (AvgIpc) is 3.58. The fourth-order valence-electron chi connectivity index (χ4n) is 4.52. The first-order chi connectivity index (χ1) is 18.0. The quantitative estimate of drug-likeness (QED) is 0.394. The summed E-state index contributed by atoms with van der Waals surface area (Å²) in [7, 11) is 0. The van der Waals surface area contributed by atoms with Crippen LogP contribution in [0, 0.1) is 0 Å². The van der Waals surface area contributed by atoms with Crippen LogP contribution < -0.4 is 20.3 Å². The first-order valence-corrected chi connectivity index (χ1v) is 11.5. The number of ether oxygens (including phenoxy) is 1. The largest absolute Gasteiger partial charge is 0.439 e. The van der Waals surface area contributed by atoms with Gasteiger partial charge in [0.15, 0.2) is 5.54 Å². The van der Waals surface area contributed by atoms with Gasteiger partial charge in [0, 0.05) is 30.6 Å². The average molecular weight is 497 g/mol. The second kappa shape index (κ2) is 8.82. The maximum atomic E-state index is 12.6. The van der Waals surface area contributed by atoms with Crippen LogP contribution in [0.4, 0.5) is 10.5 Å². The van der Waals surface area contributed by atoms with Crippen molar-refractivity contribution in [2.45, 2.75) is 18.4 Å². The first kappa shape index (κ1) is 22.3. The summed E-state index contributed by atoms with van der Waals surface area (Å²) in [6.07, 6.45) is 5.76. The lowest BCUT2D eigenvalue weighted by atomic mass is 9.92. The molecule has 3 aromatic heterocycles. The van der Waals surface area contributed by atoms with E-state index in [0.29, 0.717) is 48.4 Å². The zero-order valence-corrected chi connectivity index (χ0v) is 19.2. The third kappa shape index (κ3) is 3.93. The number of amides is 4. The molecule has 5 heterocycles. The lowest BCUT2D eigenvalue weighted by molar-refractivity contribution is -0.137. The van der Waals surface area contributed by atoms with Gasteiger partial charge in [0.2, 0.25) is 11.7 Å². The molecule has 37 heavy (non-hydrogen) atoms. The molecular formula is C25H19N7O5. The third-order valence-electron chi connectivity index (χ3n) is 6.29. The predicted octanol–water partition coefficient (Wildman–Crippen LogP) is 2.69. The number of aromatic nitrogens is 4. The van der Waals surface area contributed by atoms with Crippen LogP contribution in [0.2, 0.25) is 0 Å². The minimum atomic E-state index is -1.47. The second-order valence-corrected chi connectivity index (χ2v) is 8.50. The van der Waals surface area contributed by atoms with E-state index in [2.05, 4.69) is 30.7 Å². The molecule has 0 saturated carbocycles. The van der Waals surface area contributed by atoms with Crippen LogP contribution in [-0.4, -0.2) is 50.0 Å². The molecule has 0 atom stereocenters. The molecule has 2 aliphatic rings. The van der Waals surface area contributed by atoms with Gasteiger partial charge in [0.05, 0.1) is 17.4 Å². The molecule has 2 fully saturated rings. The van der Waals surface area contributed by atoms with E-state index in [9.17, 15) is 14.4 Å². The maximum absolute atomic E-state index is 12.6. The number of anilines is 1. The molecule has 1 spiro atoms. The number of imide groups is 2. The van der Waals surface area contributed by atoms with Crippen molar-refractivity contribution in [2.75, 3.05) is 11.4 Å². The van der Waals surface area contributed by atoms with Crippen LogP contribution in [-0.2, 0) is 9.59 Å². The van der Waals surface area contributed by atoms with E-state index in [1.165, 1.54) is 6.20 Å². The van der Waals surface area contributed by atoms with Crippen molar-refractivity contribution < 1.29 is 23.6 Å². The summed E-state index contributed by atoms with van der Waals surface area (Å²) >= 11 is 0. The SMILES string of the molecule is O=C1NC(=O)C2(CCCN2c2ccc(Oc3ccc(-c4noc(-c5cccnc5)n4)cc3)nc2)C(=O)N1. The Morgan fingerprint density at radius 3 is 2.46 bits per heavy atom. The Hall–Kier alpha value is -5.13. The maximum Gasteiger partial charge on any atom is 0.328 e. The summed E-state index contributed by atoms with van der Waals surface area (Å²) in [4.78, 5) is 51.3. The van der Waals surface area contributed by atoms with E-state index in [1.54, 1.807) is 59.8 Å². The number of barbiturate groups is 1. The fraction of sp³-hybridized carbons (Fsp3) is 0.160. The van der Waals surface area contributed by atoms with E-state index in [4.69, 9.17) is 9.26 Å². The van der Waals surface area contributed by atoms with Crippen molar-refractivity contribution in [3.05, 3.63) is 67.1 Å². The van der Waals surface area contributed by atoms with Crippen molar-refractivity contribution in [1.82, 2.24) is 30.7 Å². The monoisotopic (exact) mass is 497 g/mol. The Morgan fingerprint density at radius 2 is 1.76 bits per heavy atom. The normalized spacial score (nSPS) is 16.5. The van der Waals surface area contributed by atoms with Crippen molar-refractivity contribution in [3.63, 3.8) is 0 Å². The number of carbonyl (C=O) groups is 3. The predicted molar refractivity (Wildman–Crippen MR) is 128 cm³/mol. The summed E-state index contributed by atoms with van der Waals surface area (Å²) in [5.41, 5.74) is 0.575. The smallest absolute Gasteiger partial charge is 0.328 e. The molecule has 2 saturated heterocycles. The van der Waals surface area contributed by atoms with Crippen molar-refractivity contribution >= 4 is 23.5 Å². The topological polar surface area (TPSA) is 152 Å². The van der Waals surface area contributed by atoms with Crippen molar-refractivity contribution in [3.8, 4) is 34.5 Å². The summed E-state index contributed by atoms with van der Waals surface area (Å²) in [6.45, 7) is 0.469. The molecule has 0 bridgehead atoms. The fourth-order valence-corrected chi connectivity index (χ4v) is 4.52. The van der Waals surface area contributed by atoms with E-state index >= 15 is 0 Å². The Labute approximate surface area is 209 Å². The van der Waals surface area contributed by atoms with Gasteiger partial charge in [-0.1, -0.05) is 5.16 Å². The van der Waals surface area contributed by atoms with Crippen LogP contribution in [0.25, 0.3) is 22.8 Å². The minimum absolute atomic E-state index is 0.298. The molecule has 0 radical (unpaired) electrons. The molecule has 6 rings (SSSR count). The highest BCUT2D eigenvalue weighted by Gasteiger charge is 2.57. The Kier molecular flexibility index (Phi) is 5.33. The standard InChI is InChI=1S/C25H19N7O5/c33-22-25(23(34)30-24(35)29-22)10-2-12-32(25)17-6-9-19(27-14-17)36-18-7-4-15(5-8-18)20-28-21(37-31-20)16-3-1-11-26-13-16/h1,3-9,11,13-14H,2,10,12H2,(H2,29,30,33,34,35). The van der Waals surface area contributed by atoms with Crippen LogP contribution in [0.3, 0.4) is 0 Å². The molecular weight excluding hydrogens is 478 g/mol. The van der Waals surface area contributed by atoms with E-state index in [1.807, 2.05) is 6.07 Å². The highest BCUT2D eigenvalue weighted by molar-refractivity contribution is 6.24. The van der Waals surface area contributed by atoms with Gasteiger partial charge in [-0.15, -0.1) is 0 Å². The number of nitrogens with one attached hydrogen (secondary N) is 2. The van der Waals surface area contributed by atoms with Gasteiger partial charge in [-0.25, -0.2) is 9.78 Å². The molecule has 4 aromatic rings. The molecule has 12 nitrogen and oxygen atoms in total. The van der Waals surface area contributed by atoms with Gasteiger partial charge in [-0.2, -0.15) is 4.98 Å². The Balaban J connectivity index is 1.16. The molecule has 2 aliphatic heterocycles. The highest BCUT2D eigenvalue weighted by atomic mass is 16.5. The molecule has 184 valence electrons. The van der Waals surface area contributed by atoms with Gasteiger partial charge in [0.25, 0.3) is 17.7 Å². The summed E-state index contributed by atoms with van der Waals surface area (Å²) < 4.78 is 11.2. The first-order valence-electron chi connectivity index (χ1n) is 11.5. The molecule has 0 aliphatic carbocycles. The number of urea groups is 1. The Morgan fingerprint density at radius 1 is 0.946 bits per heavy atom. The number of benzene rings is 1.